The highest BCUT2D eigenvalue weighted by Gasteiger charge is 2.07. The molecule has 0 atom stereocenters. The zero-order chi connectivity index (χ0) is 12.4. The number of nitrogens with two attached hydrogens (primary N) is 1. The molecule has 0 aliphatic rings. The van der Waals surface area contributed by atoms with Crippen molar-refractivity contribution in [2.24, 2.45) is 0 Å². The third-order valence-corrected chi connectivity index (χ3v) is 2.97. The normalized spacial score (nSPS) is 10.5. The Morgan fingerprint density at radius 2 is 2.12 bits per heavy atom. The van der Waals surface area contributed by atoms with Gasteiger partial charge in [-0.15, -0.1) is 0 Å². The fraction of sp³-hybridized carbons (Fsp3) is 0.182. The summed E-state index contributed by atoms with van der Waals surface area (Å²) in [5, 5.41) is 5.07. The summed E-state index contributed by atoms with van der Waals surface area (Å²) in [4.78, 5) is 0. The summed E-state index contributed by atoms with van der Waals surface area (Å²) in [5.41, 5.74) is 6.73. The molecule has 0 unspecified atom stereocenters. The molecule has 0 fully saturated rings. The van der Waals surface area contributed by atoms with Gasteiger partial charge in [0, 0.05) is 0 Å². The highest BCUT2D eigenvalue weighted by molar-refractivity contribution is 6.32. The van der Waals surface area contributed by atoms with Crippen LogP contribution < -0.4 is 10.5 Å². The van der Waals surface area contributed by atoms with Crippen molar-refractivity contribution in [1.29, 1.82) is 0 Å². The summed E-state index contributed by atoms with van der Waals surface area (Å²) in [6, 6.07) is 5.52. The third-order valence-electron chi connectivity index (χ3n) is 2.38. The molecule has 0 aliphatic heterocycles. The van der Waals surface area contributed by atoms with Gasteiger partial charge in [-0.2, -0.15) is 5.10 Å². The minimum atomic E-state index is 0.443. The maximum absolute atomic E-state index is 6.03. The van der Waals surface area contributed by atoms with E-state index >= 15 is 0 Å². The van der Waals surface area contributed by atoms with Crippen LogP contribution in [0.3, 0.4) is 0 Å². The maximum Gasteiger partial charge on any atom is 0.140 e. The number of benzene rings is 1. The Bertz CT molecular complexity index is 540. The molecule has 17 heavy (non-hydrogen) atoms. The molecule has 0 radical (unpaired) electrons. The van der Waals surface area contributed by atoms with E-state index in [2.05, 4.69) is 5.10 Å². The molecule has 90 valence electrons. The molecule has 0 bridgehead atoms. The van der Waals surface area contributed by atoms with E-state index in [-0.39, 0.29) is 0 Å². The maximum atomic E-state index is 6.03. The van der Waals surface area contributed by atoms with Gasteiger partial charge >= 0.3 is 0 Å². The molecule has 0 spiro atoms. The second-order valence-electron chi connectivity index (χ2n) is 3.50. The van der Waals surface area contributed by atoms with Gasteiger partial charge < -0.3 is 10.5 Å². The van der Waals surface area contributed by atoms with Crippen molar-refractivity contribution < 1.29 is 4.74 Å². The second kappa shape index (κ2) is 4.85. The first-order valence-electron chi connectivity index (χ1n) is 4.91. The minimum absolute atomic E-state index is 0.443. The average molecular weight is 272 g/mol. The summed E-state index contributed by atoms with van der Waals surface area (Å²) in [6.07, 6.45) is 1.52. The van der Waals surface area contributed by atoms with E-state index in [0.717, 1.165) is 5.56 Å². The van der Waals surface area contributed by atoms with Crippen LogP contribution in [-0.4, -0.2) is 16.9 Å². The Kier molecular flexibility index (Phi) is 3.45. The fourth-order valence-corrected chi connectivity index (χ4v) is 1.90. The molecule has 2 N–H and O–H groups in total. The van der Waals surface area contributed by atoms with Crippen LogP contribution in [0.25, 0.3) is 0 Å². The van der Waals surface area contributed by atoms with E-state index in [4.69, 9.17) is 33.7 Å². The van der Waals surface area contributed by atoms with Gasteiger partial charge in [-0.1, -0.05) is 29.3 Å². The lowest BCUT2D eigenvalue weighted by Crippen LogP contribution is -2.05. The van der Waals surface area contributed by atoms with Gasteiger partial charge in [0.1, 0.15) is 16.6 Å². The molecule has 0 amide bonds. The van der Waals surface area contributed by atoms with E-state index < -0.39 is 0 Å². The Morgan fingerprint density at radius 3 is 2.65 bits per heavy atom. The van der Waals surface area contributed by atoms with E-state index in [1.54, 1.807) is 17.9 Å². The number of anilines is 1. The highest BCUT2D eigenvalue weighted by atomic mass is 35.5. The minimum Gasteiger partial charge on any atom is -0.495 e. The molecular weight excluding hydrogens is 261 g/mol. The number of hydrogen-bond donors (Lipinski definition) is 1. The number of rotatable bonds is 3. The molecular formula is C11H11Cl2N3O. The third kappa shape index (κ3) is 2.48. The van der Waals surface area contributed by atoms with E-state index in [9.17, 15) is 0 Å². The van der Waals surface area contributed by atoms with Crippen molar-refractivity contribution >= 4 is 29.0 Å². The zero-order valence-corrected chi connectivity index (χ0v) is 10.7. The lowest BCUT2D eigenvalue weighted by molar-refractivity contribution is 0.415. The zero-order valence-electron chi connectivity index (χ0n) is 9.15. The second-order valence-corrected chi connectivity index (χ2v) is 4.32. The molecule has 0 saturated heterocycles. The van der Waals surface area contributed by atoms with E-state index in [1.165, 1.54) is 6.20 Å². The van der Waals surface area contributed by atoms with Crippen LogP contribution >= 0.6 is 23.2 Å². The SMILES string of the molecule is COc1ccc(Cn2ncc(Cl)c2N)cc1Cl. The van der Waals surface area contributed by atoms with Crippen molar-refractivity contribution in [3.8, 4) is 5.75 Å². The molecule has 2 aromatic rings. The fourth-order valence-electron chi connectivity index (χ4n) is 1.48. The van der Waals surface area contributed by atoms with Gasteiger partial charge in [-0.25, -0.2) is 4.68 Å². The largest absolute Gasteiger partial charge is 0.495 e. The van der Waals surface area contributed by atoms with Crippen LogP contribution in [-0.2, 0) is 6.54 Å². The summed E-state index contributed by atoms with van der Waals surface area (Å²) in [6.45, 7) is 0.516. The predicted octanol–water partition coefficient (Wildman–Crippen LogP) is 2.83. The number of aromatic nitrogens is 2. The molecule has 2 rings (SSSR count). The van der Waals surface area contributed by atoms with E-state index in [1.807, 2.05) is 12.1 Å². The Labute approximate surface area is 109 Å². The Morgan fingerprint density at radius 1 is 1.35 bits per heavy atom. The van der Waals surface area contributed by atoms with Gasteiger partial charge in [-0.3, -0.25) is 0 Å². The number of halogens is 2. The number of methoxy groups -OCH3 is 1. The molecule has 1 heterocycles. The van der Waals surface area contributed by atoms with Crippen LogP contribution in [0.5, 0.6) is 5.75 Å². The standard InChI is InChI=1S/C11H11Cl2N3O/c1-17-10-3-2-7(4-8(10)12)6-16-11(14)9(13)5-15-16/h2-5H,6,14H2,1H3. The number of hydrogen-bond acceptors (Lipinski definition) is 3. The Balaban J connectivity index is 2.25. The summed E-state index contributed by atoms with van der Waals surface area (Å²) in [5.74, 6) is 1.08. The summed E-state index contributed by atoms with van der Waals surface area (Å²) < 4.78 is 6.69. The van der Waals surface area contributed by atoms with Crippen molar-refractivity contribution in [3.63, 3.8) is 0 Å². The van der Waals surface area contributed by atoms with Crippen LogP contribution in [0.4, 0.5) is 5.82 Å². The Hall–Kier alpha value is -1.39. The smallest absolute Gasteiger partial charge is 0.140 e. The molecule has 6 heteroatoms. The van der Waals surface area contributed by atoms with Crippen molar-refractivity contribution in [3.05, 3.63) is 40.0 Å². The van der Waals surface area contributed by atoms with Gasteiger partial charge in [-0.05, 0) is 17.7 Å². The van der Waals surface area contributed by atoms with Crippen molar-refractivity contribution in [2.75, 3.05) is 12.8 Å². The van der Waals surface area contributed by atoms with Crippen LogP contribution in [0.1, 0.15) is 5.56 Å². The molecule has 0 aliphatic carbocycles. The topological polar surface area (TPSA) is 53.1 Å². The number of nitrogen functional groups attached to an aromatic ring is 1. The summed E-state index contributed by atoms with van der Waals surface area (Å²) in [7, 11) is 1.58. The lowest BCUT2D eigenvalue weighted by Gasteiger charge is -2.07. The summed E-state index contributed by atoms with van der Waals surface area (Å²) >= 11 is 11.8. The molecule has 0 saturated carbocycles. The van der Waals surface area contributed by atoms with Gasteiger partial charge in [0.05, 0.1) is 24.9 Å². The monoisotopic (exact) mass is 271 g/mol. The van der Waals surface area contributed by atoms with Gasteiger partial charge in [0.25, 0.3) is 0 Å². The van der Waals surface area contributed by atoms with Gasteiger partial charge in [0.15, 0.2) is 0 Å². The van der Waals surface area contributed by atoms with Crippen LogP contribution in [0, 0.1) is 0 Å². The quantitative estimate of drug-likeness (QED) is 0.934. The van der Waals surface area contributed by atoms with Crippen molar-refractivity contribution in [1.82, 2.24) is 9.78 Å². The lowest BCUT2D eigenvalue weighted by atomic mass is 10.2. The van der Waals surface area contributed by atoms with E-state index in [0.29, 0.717) is 28.2 Å². The number of ether oxygens (including phenoxy) is 1. The van der Waals surface area contributed by atoms with Crippen LogP contribution in [0.15, 0.2) is 24.4 Å². The van der Waals surface area contributed by atoms with Crippen molar-refractivity contribution in [2.45, 2.75) is 6.54 Å². The van der Waals surface area contributed by atoms with Gasteiger partial charge in [0.2, 0.25) is 0 Å². The molecule has 1 aromatic carbocycles. The average Bonchev–Trinajstić information content (AvgIpc) is 2.61. The highest BCUT2D eigenvalue weighted by Crippen LogP contribution is 2.26. The first-order chi connectivity index (χ1) is 8.11. The first kappa shape index (κ1) is 12.1. The number of nitrogens with zero attached hydrogens (tertiary/aromatic N) is 2. The first-order valence-corrected chi connectivity index (χ1v) is 5.66. The molecule has 4 nitrogen and oxygen atoms in total. The predicted molar refractivity (Wildman–Crippen MR) is 68.8 cm³/mol. The molecule has 1 aromatic heterocycles. The van der Waals surface area contributed by atoms with Crippen LogP contribution in [0.2, 0.25) is 10.0 Å².